The summed E-state index contributed by atoms with van der Waals surface area (Å²) in [6, 6.07) is 0. The molecule has 0 amide bonds. The quantitative estimate of drug-likeness (QED) is 0.263. The molecule has 0 radical (unpaired) electrons. The summed E-state index contributed by atoms with van der Waals surface area (Å²) in [5, 5.41) is 21.2. The Hall–Kier alpha value is -2.08. The van der Waals surface area contributed by atoms with Gasteiger partial charge in [0.25, 0.3) is 0 Å². The van der Waals surface area contributed by atoms with Crippen LogP contribution in [0.5, 0.6) is 0 Å². The van der Waals surface area contributed by atoms with Crippen LogP contribution in [0.3, 0.4) is 0 Å². The van der Waals surface area contributed by atoms with Crippen molar-refractivity contribution in [1.29, 1.82) is 0 Å². The van der Waals surface area contributed by atoms with Gasteiger partial charge in [-0.1, -0.05) is 24.6 Å². The summed E-state index contributed by atoms with van der Waals surface area (Å²) in [5.74, 6) is -1.000. The first-order valence-electron chi connectivity index (χ1n) is 14.0. The third-order valence-electron chi connectivity index (χ3n) is 10.8. The first-order valence-corrected chi connectivity index (χ1v) is 14.0. The van der Waals surface area contributed by atoms with Gasteiger partial charge >= 0.3 is 11.9 Å². The summed E-state index contributed by atoms with van der Waals surface area (Å²) in [6.45, 7) is 5.02. The molecule has 0 aromatic rings. The average Bonchev–Trinajstić information content (AvgIpc) is 3.64. The van der Waals surface area contributed by atoms with Crippen LogP contribution in [-0.2, 0) is 38.0 Å². The fraction of sp³-hybridized carbons (Fsp3) is 0.724. The second-order valence-corrected chi connectivity index (χ2v) is 12.4. The number of aliphatic hydroxyl groups is 2. The molecule has 5 aliphatic heterocycles. The van der Waals surface area contributed by atoms with E-state index in [-0.39, 0.29) is 31.8 Å². The van der Waals surface area contributed by atoms with E-state index in [9.17, 15) is 19.8 Å². The molecule has 2 aliphatic carbocycles. The Balaban J connectivity index is 1.29. The minimum absolute atomic E-state index is 0.0701. The zero-order chi connectivity index (χ0) is 27.2. The van der Waals surface area contributed by atoms with Crippen LogP contribution in [0.1, 0.15) is 52.4 Å². The second kappa shape index (κ2) is 8.71. The molecule has 39 heavy (non-hydrogen) atoms. The number of hydrogen-bond donors (Lipinski definition) is 2. The molecule has 1 saturated carbocycles. The highest BCUT2D eigenvalue weighted by Crippen LogP contribution is 2.72. The number of rotatable bonds is 0. The molecule has 0 aromatic carbocycles. The lowest BCUT2D eigenvalue weighted by molar-refractivity contribution is -0.232. The van der Waals surface area contributed by atoms with Gasteiger partial charge in [-0.15, -0.1) is 0 Å². The van der Waals surface area contributed by atoms with Crippen LogP contribution in [0, 0.1) is 10.8 Å². The van der Waals surface area contributed by atoms with Gasteiger partial charge in [0.15, 0.2) is 6.29 Å². The third kappa shape index (κ3) is 3.42. The van der Waals surface area contributed by atoms with Gasteiger partial charge in [0.2, 0.25) is 0 Å². The number of hydrogen-bond acceptors (Lipinski definition) is 10. The zero-order valence-corrected chi connectivity index (χ0v) is 22.3. The maximum Gasteiger partial charge on any atom is 0.330 e. The fourth-order valence-electron chi connectivity index (χ4n) is 8.47. The number of esters is 2. The molecular formula is C29H36O10. The Morgan fingerprint density at radius 2 is 1.82 bits per heavy atom. The minimum atomic E-state index is -1.46. The monoisotopic (exact) mass is 544 g/mol. The van der Waals surface area contributed by atoms with Gasteiger partial charge in [-0.3, -0.25) is 0 Å². The van der Waals surface area contributed by atoms with Gasteiger partial charge in [-0.05, 0) is 44.6 Å². The first-order chi connectivity index (χ1) is 18.7. The van der Waals surface area contributed by atoms with Crippen LogP contribution < -0.4 is 0 Å². The molecule has 4 bridgehead atoms. The number of cyclic esters (lactones) is 1. The Kier molecular flexibility index (Phi) is 5.77. The topological polar surface area (TPSA) is 133 Å². The smallest absolute Gasteiger partial charge is 0.330 e. The normalized spacial score (nSPS) is 53.0. The van der Waals surface area contributed by atoms with E-state index in [1.807, 2.05) is 0 Å². The first kappa shape index (κ1) is 25.9. The molecule has 7 rings (SSSR count). The lowest BCUT2D eigenvalue weighted by atomic mass is 9.51. The average molecular weight is 545 g/mol. The van der Waals surface area contributed by atoms with E-state index in [0.717, 1.165) is 6.42 Å². The summed E-state index contributed by atoms with van der Waals surface area (Å²) in [4.78, 5) is 26.5. The molecule has 5 fully saturated rings. The molecule has 1 unspecified atom stereocenters. The van der Waals surface area contributed by atoms with Crippen molar-refractivity contribution in [2.24, 2.45) is 10.8 Å². The lowest BCUT2D eigenvalue weighted by Crippen LogP contribution is -2.66. The fourth-order valence-corrected chi connectivity index (χ4v) is 8.47. The van der Waals surface area contributed by atoms with Crippen molar-refractivity contribution in [2.45, 2.75) is 100 Å². The highest BCUT2D eigenvalue weighted by Gasteiger charge is 2.83. The summed E-state index contributed by atoms with van der Waals surface area (Å²) in [7, 11) is 0. The maximum atomic E-state index is 13.4. The largest absolute Gasteiger partial charge is 0.462 e. The van der Waals surface area contributed by atoms with Gasteiger partial charge in [0.05, 0.1) is 30.8 Å². The number of epoxide rings is 1. The summed E-state index contributed by atoms with van der Waals surface area (Å²) >= 11 is 0. The predicted octanol–water partition coefficient (Wildman–Crippen LogP) is 1.63. The van der Waals surface area contributed by atoms with Crippen LogP contribution in [0.4, 0.5) is 0 Å². The Morgan fingerprint density at radius 1 is 1.00 bits per heavy atom. The molecule has 2 spiro atoms. The van der Waals surface area contributed by atoms with Crippen molar-refractivity contribution in [3.63, 3.8) is 0 Å². The molecule has 7 aliphatic rings. The Labute approximate surface area is 226 Å². The highest BCUT2D eigenvalue weighted by atomic mass is 16.7. The van der Waals surface area contributed by atoms with Crippen molar-refractivity contribution in [2.75, 3.05) is 19.8 Å². The highest BCUT2D eigenvalue weighted by molar-refractivity contribution is 5.83. The van der Waals surface area contributed by atoms with E-state index in [1.165, 1.54) is 17.7 Å². The van der Waals surface area contributed by atoms with E-state index >= 15 is 0 Å². The summed E-state index contributed by atoms with van der Waals surface area (Å²) in [6.07, 6.45) is 5.14. The van der Waals surface area contributed by atoms with E-state index in [0.29, 0.717) is 37.9 Å². The van der Waals surface area contributed by atoms with Gasteiger partial charge < -0.3 is 38.6 Å². The molecule has 0 aromatic heterocycles. The minimum Gasteiger partial charge on any atom is -0.462 e. The Bertz CT molecular complexity index is 1170. The van der Waals surface area contributed by atoms with Crippen LogP contribution in [0.15, 0.2) is 35.5 Å². The number of aliphatic hydroxyl groups excluding tert-OH is 2. The molecule has 212 valence electrons. The van der Waals surface area contributed by atoms with Crippen molar-refractivity contribution < 1.29 is 48.2 Å². The number of allylic oxidation sites excluding steroid dienone is 2. The summed E-state index contributed by atoms with van der Waals surface area (Å²) in [5.41, 5.74) is -1.29. The zero-order valence-electron chi connectivity index (χ0n) is 22.3. The van der Waals surface area contributed by atoms with Gasteiger partial charge in [-0.2, -0.15) is 0 Å². The van der Waals surface area contributed by atoms with Crippen molar-refractivity contribution in [1.82, 2.24) is 0 Å². The lowest BCUT2D eigenvalue weighted by Gasteiger charge is -2.58. The predicted molar refractivity (Wildman–Crippen MR) is 133 cm³/mol. The number of ether oxygens (including phenoxy) is 6. The van der Waals surface area contributed by atoms with Crippen LogP contribution in [0.25, 0.3) is 0 Å². The van der Waals surface area contributed by atoms with Crippen molar-refractivity contribution >= 4 is 11.9 Å². The molecule has 2 N–H and O–H groups in total. The standard InChI is InChI=1S/C29H36O10/c1-16-6-9-27-14-34-22(31)12-17-7-10-35-28(23(32)25(33)39-24(17)28)8-4-3-5-21(30)38-18-13-20(37-19(27)11-16)29(15-36-29)26(18,27)2/h3,5,11-12,18-20,23-25,32-33H,4,6-10,13-15H2,1-2H3/b5-3-,17-12+/t18?,19-,20-,23+,24-,25-,26-,27-,28-,29+/m1/s1. The number of carbonyl (C=O) groups is 2. The van der Waals surface area contributed by atoms with E-state index < -0.39 is 58.6 Å². The van der Waals surface area contributed by atoms with E-state index in [1.54, 1.807) is 6.08 Å². The number of carbonyl (C=O) groups excluding carboxylic acids is 2. The van der Waals surface area contributed by atoms with Crippen LogP contribution in [0.2, 0.25) is 0 Å². The second-order valence-electron chi connectivity index (χ2n) is 12.4. The molecule has 5 heterocycles. The van der Waals surface area contributed by atoms with Crippen LogP contribution >= 0.6 is 0 Å². The molecule has 10 nitrogen and oxygen atoms in total. The molecule has 10 atom stereocenters. The maximum absolute atomic E-state index is 13.4. The molecule has 10 heteroatoms. The van der Waals surface area contributed by atoms with Crippen LogP contribution in [-0.4, -0.2) is 90.0 Å². The summed E-state index contributed by atoms with van der Waals surface area (Å²) < 4.78 is 36.7. The van der Waals surface area contributed by atoms with E-state index in [2.05, 4.69) is 19.9 Å². The van der Waals surface area contributed by atoms with Gasteiger partial charge in [0.1, 0.15) is 36.1 Å². The van der Waals surface area contributed by atoms with E-state index in [4.69, 9.17) is 28.4 Å². The van der Waals surface area contributed by atoms with Crippen molar-refractivity contribution in [3.8, 4) is 0 Å². The SMILES string of the molecule is CC1=C[C@H]2O[C@@H]3CC4OC(=O)/C=C\CC[C@]56OCC/C(=C\C(=O)OC[C@@]2(CC1)[C@]4(C)[C@]31CO1)[C@H]5O[C@@H](O)[C@@H]6O. The Morgan fingerprint density at radius 3 is 2.62 bits per heavy atom. The van der Waals surface area contributed by atoms with Crippen molar-refractivity contribution in [3.05, 3.63) is 35.5 Å². The van der Waals surface area contributed by atoms with Gasteiger partial charge in [0, 0.05) is 24.0 Å². The third-order valence-corrected chi connectivity index (χ3v) is 10.8. The van der Waals surface area contributed by atoms with Gasteiger partial charge in [-0.25, -0.2) is 9.59 Å². The molecular weight excluding hydrogens is 508 g/mol. The molecule has 4 saturated heterocycles.